The summed E-state index contributed by atoms with van der Waals surface area (Å²) in [5.74, 6) is -0.665. The molecule has 16 heavy (non-hydrogen) atoms. The van der Waals surface area contributed by atoms with Crippen LogP contribution >= 0.6 is 0 Å². The van der Waals surface area contributed by atoms with Crippen molar-refractivity contribution in [3.63, 3.8) is 0 Å². The monoisotopic (exact) mass is 217 g/mol. The molecule has 0 fully saturated rings. The van der Waals surface area contributed by atoms with Crippen molar-refractivity contribution in [1.29, 1.82) is 5.26 Å². The zero-order valence-electron chi connectivity index (χ0n) is 9.11. The number of aryl methyl sites for hydroxylation is 1. The van der Waals surface area contributed by atoms with E-state index in [-0.39, 0.29) is 16.7 Å². The van der Waals surface area contributed by atoms with Crippen LogP contribution in [-0.2, 0) is 11.2 Å². The molecule has 4 nitrogen and oxygen atoms in total. The first kappa shape index (κ1) is 11.9. The summed E-state index contributed by atoms with van der Waals surface area (Å²) in [6.45, 7) is 1.91. The molecular formula is C12H11NO3. The van der Waals surface area contributed by atoms with E-state index in [0.717, 1.165) is 5.56 Å². The molecule has 0 aromatic heterocycles. The molecule has 0 amide bonds. The standard InChI is InChI=1S/C12H11NO3/c1-3-8-4-9(6-13)11(12(15)16-2)10(5-8)7-14/h4-5,7H,3H2,1-2H3. The molecule has 0 spiro atoms. The van der Waals surface area contributed by atoms with Crippen LogP contribution in [0.5, 0.6) is 0 Å². The van der Waals surface area contributed by atoms with Gasteiger partial charge in [-0.25, -0.2) is 4.79 Å². The highest BCUT2D eigenvalue weighted by atomic mass is 16.5. The van der Waals surface area contributed by atoms with Crippen molar-refractivity contribution in [2.24, 2.45) is 0 Å². The van der Waals surface area contributed by atoms with Gasteiger partial charge in [0.2, 0.25) is 0 Å². The van der Waals surface area contributed by atoms with Crippen LogP contribution in [-0.4, -0.2) is 19.4 Å². The summed E-state index contributed by atoms with van der Waals surface area (Å²) in [6.07, 6.45) is 1.25. The highest BCUT2D eigenvalue weighted by molar-refractivity contribution is 6.00. The number of rotatable bonds is 3. The fraction of sp³-hybridized carbons (Fsp3) is 0.250. The average Bonchev–Trinajstić information content (AvgIpc) is 2.35. The first-order valence-corrected chi connectivity index (χ1v) is 4.78. The molecule has 1 aromatic carbocycles. The van der Waals surface area contributed by atoms with Crippen molar-refractivity contribution in [2.75, 3.05) is 7.11 Å². The lowest BCUT2D eigenvalue weighted by Gasteiger charge is -2.07. The zero-order chi connectivity index (χ0) is 12.1. The molecule has 0 atom stereocenters. The molecule has 1 rings (SSSR count). The van der Waals surface area contributed by atoms with Crippen LogP contribution in [0.15, 0.2) is 12.1 Å². The third kappa shape index (κ3) is 2.09. The summed E-state index contributed by atoms with van der Waals surface area (Å²) >= 11 is 0. The molecule has 4 heteroatoms. The van der Waals surface area contributed by atoms with Gasteiger partial charge < -0.3 is 4.74 Å². The summed E-state index contributed by atoms with van der Waals surface area (Å²) in [5.41, 5.74) is 1.25. The van der Waals surface area contributed by atoms with E-state index in [1.54, 1.807) is 12.1 Å². The largest absolute Gasteiger partial charge is 0.465 e. The first-order valence-electron chi connectivity index (χ1n) is 4.78. The highest BCUT2D eigenvalue weighted by Crippen LogP contribution is 2.17. The van der Waals surface area contributed by atoms with Gasteiger partial charge in [0.25, 0.3) is 0 Å². The number of esters is 1. The van der Waals surface area contributed by atoms with E-state index in [0.29, 0.717) is 12.7 Å². The van der Waals surface area contributed by atoms with Gasteiger partial charge >= 0.3 is 5.97 Å². The van der Waals surface area contributed by atoms with Gasteiger partial charge in [-0.2, -0.15) is 5.26 Å². The molecule has 0 heterocycles. The fourth-order valence-electron chi connectivity index (χ4n) is 1.44. The van der Waals surface area contributed by atoms with E-state index < -0.39 is 5.97 Å². The summed E-state index contributed by atoms with van der Waals surface area (Å²) in [5, 5.41) is 8.93. The minimum atomic E-state index is -0.665. The van der Waals surface area contributed by atoms with Gasteiger partial charge in [0.1, 0.15) is 6.07 Å². The zero-order valence-corrected chi connectivity index (χ0v) is 9.11. The number of benzene rings is 1. The number of methoxy groups -OCH3 is 1. The van der Waals surface area contributed by atoms with Crippen molar-refractivity contribution in [2.45, 2.75) is 13.3 Å². The molecule has 1 aromatic rings. The van der Waals surface area contributed by atoms with Crippen molar-refractivity contribution in [3.8, 4) is 6.07 Å². The molecule has 0 aliphatic rings. The van der Waals surface area contributed by atoms with Gasteiger partial charge in [-0.05, 0) is 24.1 Å². The Kier molecular flexibility index (Phi) is 3.78. The number of ether oxygens (including phenoxy) is 1. The van der Waals surface area contributed by atoms with E-state index in [1.165, 1.54) is 7.11 Å². The number of nitriles is 1. The van der Waals surface area contributed by atoms with E-state index in [1.807, 2.05) is 13.0 Å². The first-order chi connectivity index (χ1) is 7.67. The number of hydrogen-bond acceptors (Lipinski definition) is 4. The number of nitrogens with zero attached hydrogens (tertiary/aromatic N) is 1. The number of aldehydes is 1. The van der Waals surface area contributed by atoms with Crippen LogP contribution in [0.25, 0.3) is 0 Å². The Labute approximate surface area is 93.5 Å². The second-order valence-electron chi connectivity index (χ2n) is 3.18. The Morgan fingerprint density at radius 3 is 2.69 bits per heavy atom. The normalized spacial score (nSPS) is 9.31. The lowest BCUT2D eigenvalue weighted by molar-refractivity contribution is 0.0598. The van der Waals surface area contributed by atoms with Crippen LogP contribution < -0.4 is 0 Å². The third-order valence-electron chi connectivity index (χ3n) is 2.27. The maximum Gasteiger partial charge on any atom is 0.339 e. The quantitative estimate of drug-likeness (QED) is 0.571. The third-order valence-corrected chi connectivity index (χ3v) is 2.27. The Morgan fingerprint density at radius 1 is 1.56 bits per heavy atom. The fourth-order valence-corrected chi connectivity index (χ4v) is 1.44. The van der Waals surface area contributed by atoms with Gasteiger partial charge in [0.05, 0.1) is 18.2 Å². The van der Waals surface area contributed by atoms with Gasteiger partial charge in [-0.15, -0.1) is 0 Å². The van der Waals surface area contributed by atoms with Crippen LogP contribution in [0.4, 0.5) is 0 Å². The van der Waals surface area contributed by atoms with Crippen LogP contribution in [0.1, 0.15) is 38.8 Å². The Bertz CT molecular complexity index is 472. The summed E-state index contributed by atoms with van der Waals surface area (Å²) in [4.78, 5) is 22.3. The number of carbonyl (C=O) groups is 2. The number of carbonyl (C=O) groups excluding carboxylic acids is 2. The minimum Gasteiger partial charge on any atom is -0.465 e. The average molecular weight is 217 g/mol. The van der Waals surface area contributed by atoms with Crippen molar-refractivity contribution >= 4 is 12.3 Å². The summed E-state index contributed by atoms with van der Waals surface area (Å²) in [7, 11) is 1.21. The van der Waals surface area contributed by atoms with Gasteiger partial charge in [0, 0.05) is 5.56 Å². The molecular weight excluding hydrogens is 206 g/mol. The predicted octanol–water partition coefficient (Wildman–Crippen LogP) is 1.72. The molecule has 0 bridgehead atoms. The second kappa shape index (κ2) is 5.08. The van der Waals surface area contributed by atoms with Crippen molar-refractivity contribution in [1.82, 2.24) is 0 Å². The van der Waals surface area contributed by atoms with Crippen molar-refractivity contribution in [3.05, 3.63) is 34.4 Å². The lowest BCUT2D eigenvalue weighted by atomic mass is 9.98. The molecule has 0 aliphatic heterocycles. The van der Waals surface area contributed by atoms with Gasteiger partial charge in [0.15, 0.2) is 6.29 Å². The molecule has 0 saturated heterocycles. The molecule has 0 saturated carbocycles. The second-order valence-corrected chi connectivity index (χ2v) is 3.18. The van der Waals surface area contributed by atoms with E-state index >= 15 is 0 Å². The lowest BCUT2D eigenvalue weighted by Crippen LogP contribution is -2.09. The Hall–Kier alpha value is -2.15. The predicted molar refractivity (Wildman–Crippen MR) is 57.3 cm³/mol. The topological polar surface area (TPSA) is 67.2 Å². The molecule has 82 valence electrons. The van der Waals surface area contributed by atoms with Crippen LogP contribution in [0.3, 0.4) is 0 Å². The van der Waals surface area contributed by atoms with Crippen molar-refractivity contribution < 1.29 is 14.3 Å². The minimum absolute atomic E-state index is 0.0391. The molecule has 0 aliphatic carbocycles. The molecule has 0 unspecified atom stereocenters. The maximum absolute atomic E-state index is 11.4. The maximum atomic E-state index is 11.4. The number of hydrogen-bond donors (Lipinski definition) is 0. The summed E-state index contributed by atoms with van der Waals surface area (Å²) in [6, 6.07) is 5.09. The van der Waals surface area contributed by atoms with Crippen LogP contribution in [0, 0.1) is 11.3 Å². The van der Waals surface area contributed by atoms with Gasteiger partial charge in [-0.3, -0.25) is 4.79 Å². The van der Waals surface area contributed by atoms with E-state index in [2.05, 4.69) is 4.74 Å². The smallest absolute Gasteiger partial charge is 0.339 e. The summed E-state index contributed by atoms with van der Waals surface area (Å²) < 4.78 is 4.55. The Morgan fingerprint density at radius 2 is 2.25 bits per heavy atom. The SMILES string of the molecule is CCc1cc(C#N)c(C(=O)OC)c(C=O)c1. The molecule has 0 radical (unpaired) electrons. The molecule has 0 N–H and O–H groups in total. The van der Waals surface area contributed by atoms with Gasteiger partial charge in [-0.1, -0.05) is 6.92 Å². The van der Waals surface area contributed by atoms with E-state index in [9.17, 15) is 9.59 Å². The highest BCUT2D eigenvalue weighted by Gasteiger charge is 2.17. The van der Waals surface area contributed by atoms with Crippen LogP contribution in [0.2, 0.25) is 0 Å². The van der Waals surface area contributed by atoms with E-state index in [4.69, 9.17) is 5.26 Å². The Balaban J connectivity index is 3.51.